The van der Waals surface area contributed by atoms with Crippen molar-refractivity contribution in [2.75, 3.05) is 20.3 Å². The zero-order chi connectivity index (χ0) is 14.9. The molecule has 0 aliphatic rings. The van der Waals surface area contributed by atoms with Crippen LogP contribution in [-0.2, 0) is 11.3 Å². The Morgan fingerprint density at radius 2 is 1.48 bits per heavy atom. The average molecular weight is 288 g/mol. The summed E-state index contributed by atoms with van der Waals surface area (Å²) in [6.07, 6.45) is -0.621. The molecule has 0 amide bonds. The molecule has 0 aliphatic heterocycles. The largest absolute Gasteiger partial charge is 0.491 e. The highest BCUT2D eigenvalue weighted by molar-refractivity contribution is 5.31. The van der Waals surface area contributed by atoms with Crippen molar-refractivity contribution in [3.8, 4) is 11.5 Å². The predicted octanol–water partition coefficient (Wildman–Crippen LogP) is 2.65. The lowest BCUT2D eigenvalue weighted by Gasteiger charge is -2.12. The molecule has 21 heavy (non-hydrogen) atoms. The van der Waals surface area contributed by atoms with Crippen LogP contribution >= 0.6 is 0 Å². The molecule has 2 aromatic carbocycles. The highest BCUT2D eigenvalue weighted by atomic mass is 16.5. The molecule has 4 nitrogen and oxygen atoms in total. The number of hydrogen-bond donors (Lipinski definition) is 1. The third-order valence-corrected chi connectivity index (χ3v) is 2.87. The van der Waals surface area contributed by atoms with Crippen LogP contribution in [-0.4, -0.2) is 31.5 Å². The fourth-order valence-electron chi connectivity index (χ4n) is 1.81. The van der Waals surface area contributed by atoms with Gasteiger partial charge in [-0.2, -0.15) is 0 Å². The van der Waals surface area contributed by atoms with Crippen LogP contribution in [0.2, 0.25) is 0 Å². The lowest BCUT2D eigenvalue weighted by molar-refractivity contribution is 0.0325. The fraction of sp³-hybridized carbons (Fsp3) is 0.294. The Labute approximate surface area is 124 Å². The van der Waals surface area contributed by atoms with Gasteiger partial charge in [0.05, 0.1) is 6.61 Å². The van der Waals surface area contributed by atoms with Gasteiger partial charge in [0.1, 0.15) is 30.8 Å². The number of hydrogen-bond acceptors (Lipinski definition) is 4. The highest BCUT2D eigenvalue weighted by Crippen LogP contribution is 2.18. The van der Waals surface area contributed by atoms with Gasteiger partial charge in [0.25, 0.3) is 0 Å². The number of benzene rings is 2. The van der Waals surface area contributed by atoms with E-state index in [1.807, 2.05) is 54.6 Å². The van der Waals surface area contributed by atoms with E-state index in [-0.39, 0.29) is 13.2 Å². The summed E-state index contributed by atoms with van der Waals surface area (Å²) in [5, 5.41) is 9.50. The van der Waals surface area contributed by atoms with Gasteiger partial charge in [-0.15, -0.1) is 0 Å². The maximum atomic E-state index is 9.50. The Balaban J connectivity index is 1.79. The number of ether oxygens (including phenoxy) is 3. The molecule has 0 aliphatic carbocycles. The monoisotopic (exact) mass is 288 g/mol. The number of aliphatic hydroxyl groups excluding tert-OH is 1. The van der Waals surface area contributed by atoms with Gasteiger partial charge in [0.15, 0.2) is 0 Å². The third-order valence-electron chi connectivity index (χ3n) is 2.87. The van der Waals surface area contributed by atoms with Gasteiger partial charge in [-0.05, 0) is 29.8 Å². The summed E-state index contributed by atoms with van der Waals surface area (Å²) >= 11 is 0. The first-order valence-corrected chi connectivity index (χ1v) is 6.84. The van der Waals surface area contributed by atoms with Crippen molar-refractivity contribution in [1.29, 1.82) is 0 Å². The molecule has 2 rings (SSSR count). The van der Waals surface area contributed by atoms with Crippen molar-refractivity contribution < 1.29 is 19.3 Å². The van der Waals surface area contributed by atoms with E-state index in [1.54, 1.807) is 7.11 Å². The van der Waals surface area contributed by atoms with Crippen LogP contribution in [0.15, 0.2) is 54.6 Å². The molecule has 4 heteroatoms. The Kier molecular flexibility index (Phi) is 6.06. The molecular weight excluding hydrogens is 268 g/mol. The number of rotatable bonds is 8. The molecule has 0 heterocycles. The molecule has 112 valence electrons. The Hall–Kier alpha value is -2.04. The average Bonchev–Trinajstić information content (AvgIpc) is 2.53. The lowest BCUT2D eigenvalue weighted by Crippen LogP contribution is -2.22. The minimum atomic E-state index is -0.621. The third kappa shape index (κ3) is 5.45. The summed E-state index contributed by atoms with van der Waals surface area (Å²) in [5.74, 6) is 1.47. The van der Waals surface area contributed by atoms with Crippen molar-refractivity contribution in [1.82, 2.24) is 0 Å². The van der Waals surface area contributed by atoms with Gasteiger partial charge in [0.2, 0.25) is 0 Å². The van der Waals surface area contributed by atoms with Gasteiger partial charge in [-0.1, -0.05) is 30.3 Å². The predicted molar refractivity (Wildman–Crippen MR) is 80.6 cm³/mol. The first-order chi connectivity index (χ1) is 10.3. The van der Waals surface area contributed by atoms with Crippen molar-refractivity contribution in [3.63, 3.8) is 0 Å². The molecule has 0 aromatic heterocycles. The summed E-state index contributed by atoms with van der Waals surface area (Å²) in [5.41, 5.74) is 1.13. The molecule has 2 aromatic rings. The Morgan fingerprint density at radius 3 is 2.10 bits per heavy atom. The molecule has 0 saturated carbocycles. The smallest absolute Gasteiger partial charge is 0.120 e. The minimum Gasteiger partial charge on any atom is -0.491 e. The zero-order valence-electron chi connectivity index (χ0n) is 12.1. The molecule has 0 radical (unpaired) electrons. The molecule has 0 saturated heterocycles. The quantitative estimate of drug-likeness (QED) is 0.811. The lowest BCUT2D eigenvalue weighted by atomic mass is 10.2. The van der Waals surface area contributed by atoms with E-state index < -0.39 is 6.10 Å². The Morgan fingerprint density at radius 1 is 0.857 bits per heavy atom. The van der Waals surface area contributed by atoms with E-state index in [2.05, 4.69) is 0 Å². The van der Waals surface area contributed by atoms with Crippen LogP contribution in [0.5, 0.6) is 11.5 Å². The van der Waals surface area contributed by atoms with Crippen LogP contribution in [0.3, 0.4) is 0 Å². The van der Waals surface area contributed by atoms with Crippen molar-refractivity contribution >= 4 is 0 Å². The van der Waals surface area contributed by atoms with Crippen LogP contribution in [0.25, 0.3) is 0 Å². The first-order valence-electron chi connectivity index (χ1n) is 6.84. The van der Waals surface area contributed by atoms with Gasteiger partial charge in [-0.3, -0.25) is 0 Å². The number of aliphatic hydroxyl groups is 1. The summed E-state index contributed by atoms with van der Waals surface area (Å²) in [4.78, 5) is 0. The van der Waals surface area contributed by atoms with Gasteiger partial charge in [0, 0.05) is 7.11 Å². The second-order valence-electron chi connectivity index (χ2n) is 4.67. The topological polar surface area (TPSA) is 47.9 Å². The SMILES string of the molecule is COC[C@@H](O)COc1ccc(OCc2ccccc2)cc1. The van der Waals surface area contributed by atoms with E-state index in [0.717, 1.165) is 11.3 Å². The number of methoxy groups -OCH3 is 1. The maximum absolute atomic E-state index is 9.50. The van der Waals surface area contributed by atoms with Crippen molar-refractivity contribution in [2.45, 2.75) is 12.7 Å². The van der Waals surface area contributed by atoms with E-state index in [9.17, 15) is 5.11 Å². The summed E-state index contributed by atoms with van der Waals surface area (Å²) in [6, 6.07) is 17.3. The standard InChI is InChI=1S/C17H20O4/c1-19-12-15(18)13-21-17-9-7-16(8-10-17)20-11-14-5-3-2-4-6-14/h2-10,15,18H,11-13H2,1H3/t15-/m1/s1. The van der Waals surface area contributed by atoms with Gasteiger partial charge in [-0.25, -0.2) is 0 Å². The zero-order valence-corrected chi connectivity index (χ0v) is 12.1. The normalized spacial score (nSPS) is 11.9. The first kappa shape index (κ1) is 15.4. The van der Waals surface area contributed by atoms with E-state index in [1.165, 1.54) is 0 Å². The van der Waals surface area contributed by atoms with E-state index in [0.29, 0.717) is 12.4 Å². The molecule has 0 unspecified atom stereocenters. The van der Waals surface area contributed by atoms with E-state index in [4.69, 9.17) is 14.2 Å². The summed E-state index contributed by atoms with van der Waals surface area (Å²) < 4.78 is 16.0. The molecular formula is C17H20O4. The van der Waals surface area contributed by atoms with Crippen LogP contribution in [0.1, 0.15) is 5.56 Å². The van der Waals surface area contributed by atoms with Gasteiger partial charge < -0.3 is 19.3 Å². The molecule has 0 bridgehead atoms. The molecule has 0 fully saturated rings. The molecule has 1 N–H and O–H groups in total. The maximum Gasteiger partial charge on any atom is 0.120 e. The van der Waals surface area contributed by atoms with Crippen LogP contribution in [0, 0.1) is 0 Å². The van der Waals surface area contributed by atoms with Crippen LogP contribution in [0.4, 0.5) is 0 Å². The van der Waals surface area contributed by atoms with Gasteiger partial charge >= 0.3 is 0 Å². The minimum absolute atomic E-state index is 0.206. The molecule has 1 atom stereocenters. The Bertz CT molecular complexity index is 510. The molecule has 0 spiro atoms. The second-order valence-corrected chi connectivity index (χ2v) is 4.67. The van der Waals surface area contributed by atoms with Crippen molar-refractivity contribution in [2.24, 2.45) is 0 Å². The van der Waals surface area contributed by atoms with E-state index >= 15 is 0 Å². The summed E-state index contributed by atoms with van der Waals surface area (Å²) in [7, 11) is 1.54. The second kappa shape index (κ2) is 8.29. The van der Waals surface area contributed by atoms with Crippen molar-refractivity contribution in [3.05, 3.63) is 60.2 Å². The highest BCUT2D eigenvalue weighted by Gasteiger charge is 2.04. The van der Waals surface area contributed by atoms with Crippen LogP contribution < -0.4 is 9.47 Å². The summed E-state index contributed by atoms with van der Waals surface area (Å²) in [6.45, 7) is 1.00. The fourth-order valence-corrected chi connectivity index (χ4v) is 1.81.